The summed E-state index contributed by atoms with van der Waals surface area (Å²) in [4.78, 5) is 12.8. The molecule has 1 heterocycles. The molecule has 0 unspecified atom stereocenters. The number of hydrogen-bond acceptors (Lipinski definition) is 3. The number of likely N-dealkylation sites (tertiary alicyclic amines) is 1. The van der Waals surface area contributed by atoms with Gasteiger partial charge in [0.25, 0.3) is 0 Å². The first-order chi connectivity index (χ1) is 10.3. The molecule has 1 saturated heterocycles. The van der Waals surface area contributed by atoms with Crippen molar-refractivity contribution in [2.24, 2.45) is 0 Å². The Bertz CT molecular complexity index is 546. The SMILES string of the molecule is CCOc1ccc(N[C@H]2CCN(CC(F)(F)F)C2=O)cc1C. The summed E-state index contributed by atoms with van der Waals surface area (Å²) in [6.45, 7) is 3.25. The summed E-state index contributed by atoms with van der Waals surface area (Å²) in [5.74, 6) is 0.244. The van der Waals surface area contributed by atoms with Crippen LogP contribution in [0.25, 0.3) is 0 Å². The molecule has 0 saturated carbocycles. The predicted octanol–water partition coefficient (Wildman–Crippen LogP) is 2.97. The van der Waals surface area contributed by atoms with Crippen LogP contribution in [-0.4, -0.2) is 42.7 Å². The van der Waals surface area contributed by atoms with E-state index in [2.05, 4.69) is 5.32 Å². The molecule has 0 aliphatic carbocycles. The fourth-order valence-corrected chi connectivity index (χ4v) is 2.50. The Kier molecular flexibility index (Phi) is 4.83. The van der Waals surface area contributed by atoms with E-state index in [1.807, 2.05) is 19.9 Å². The van der Waals surface area contributed by atoms with Crippen LogP contribution >= 0.6 is 0 Å². The van der Waals surface area contributed by atoms with Gasteiger partial charge in [-0.15, -0.1) is 0 Å². The molecular formula is C15H19F3N2O2. The van der Waals surface area contributed by atoms with E-state index in [0.717, 1.165) is 16.2 Å². The summed E-state index contributed by atoms with van der Waals surface area (Å²) in [6, 6.07) is 4.76. The zero-order valence-electron chi connectivity index (χ0n) is 12.5. The van der Waals surface area contributed by atoms with Crippen molar-refractivity contribution in [1.82, 2.24) is 4.90 Å². The molecule has 1 N–H and O–H groups in total. The van der Waals surface area contributed by atoms with Gasteiger partial charge >= 0.3 is 6.18 Å². The molecule has 0 spiro atoms. The van der Waals surface area contributed by atoms with Gasteiger partial charge in [-0.25, -0.2) is 0 Å². The number of nitrogens with zero attached hydrogens (tertiary/aromatic N) is 1. The summed E-state index contributed by atoms with van der Waals surface area (Å²) in [5, 5.41) is 3.00. The van der Waals surface area contributed by atoms with Crippen LogP contribution in [0.1, 0.15) is 18.9 Å². The Morgan fingerprint density at radius 2 is 2.14 bits per heavy atom. The molecule has 1 aromatic carbocycles. The van der Waals surface area contributed by atoms with Crippen LogP contribution in [0.2, 0.25) is 0 Å². The second-order valence-corrected chi connectivity index (χ2v) is 5.27. The highest BCUT2D eigenvalue weighted by Gasteiger charge is 2.39. The standard InChI is InChI=1S/C15H19F3N2O2/c1-3-22-13-5-4-11(8-10(13)2)19-12-6-7-20(14(12)21)9-15(16,17)18/h4-5,8,12,19H,3,6-7,9H2,1-2H3/t12-/m0/s1. The molecule has 1 aromatic rings. The molecule has 22 heavy (non-hydrogen) atoms. The normalized spacial score (nSPS) is 18.7. The van der Waals surface area contributed by atoms with Crippen molar-refractivity contribution in [3.8, 4) is 5.75 Å². The molecule has 122 valence electrons. The van der Waals surface area contributed by atoms with E-state index >= 15 is 0 Å². The van der Waals surface area contributed by atoms with E-state index in [9.17, 15) is 18.0 Å². The Balaban J connectivity index is 2.00. The molecule has 1 aliphatic heterocycles. The number of aryl methyl sites for hydroxylation is 1. The summed E-state index contributed by atoms with van der Waals surface area (Å²) in [5.41, 5.74) is 1.61. The zero-order valence-corrected chi connectivity index (χ0v) is 12.5. The van der Waals surface area contributed by atoms with Crippen LogP contribution in [0.15, 0.2) is 18.2 Å². The van der Waals surface area contributed by atoms with Crippen molar-refractivity contribution in [3.05, 3.63) is 23.8 Å². The molecule has 0 radical (unpaired) electrons. The first kappa shape index (κ1) is 16.5. The van der Waals surface area contributed by atoms with E-state index in [4.69, 9.17) is 4.74 Å². The Morgan fingerprint density at radius 1 is 1.41 bits per heavy atom. The third-order valence-electron chi connectivity index (χ3n) is 3.48. The number of carbonyl (C=O) groups is 1. The number of carbonyl (C=O) groups excluding carboxylic acids is 1. The van der Waals surface area contributed by atoms with Crippen molar-refractivity contribution in [2.75, 3.05) is 25.0 Å². The average Bonchev–Trinajstić information content (AvgIpc) is 2.73. The van der Waals surface area contributed by atoms with Crippen molar-refractivity contribution >= 4 is 11.6 Å². The Labute approximate surface area is 127 Å². The van der Waals surface area contributed by atoms with Gasteiger partial charge < -0.3 is 15.0 Å². The van der Waals surface area contributed by atoms with Gasteiger partial charge in [0.15, 0.2) is 0 Å². The lowest BCUT2D eigenvalue weighted by atomic mass is 10.1. The Morgan fingerprint density at radius 3 is 2.73 bits per heavy atom. The molecule has 7 heteroatoms. The number of anilines is 1. The predicted molar refractivity (Wildman–Crippen MR) is 77.0 cm³/mol. The largest absolute Gasteiger partial charge is 0.494 e. The minimum atomic E-state index is -4.36. The van der Waals surface area contributed by atoms with Crippen molar-refractivity contribution in [1.29, 1.82) is 0 Å². The van der Waals surface area contributed by atoms with E-state index in [0.29, 0.717) is 18.7 Å². The van der Waals surface area contributed by atoms with Crippen LogP contribution in [0.4, 0.5) is 18.9 Å². The number of ether oxygens (including phenoxy) is 1. The number of hydrogen-bond donors (Lipinski definition) is 1. The van der Waals surface area contributed by atoms with Crippen LogP contribution in [0, 0.1) is 6.92 Å². The van der Waals surface area contributed by atoms with Crippen LogP contribution < -0.4 is 10.1 Å². The molecule has 0 bridgehead atoms. The van der Waals surface area contributed by atoms with Crippen molar-refractivity contribution in [3.63, 3.8) is 0 Å². The van der Waals surface area contributed by atoms with Crippen LogP contribution in [0.3, 0.4) is 0 Å². The molecule has 0 aromatic heterocycles. The van der Waals surface area contributed by atoms with Crippen LogP contribution in [-0.2, 0) is 4.79 Å². The van der Waals surface area contributed by atoms with Gasteiger partial charge in [0.1, 0.15) is 18.3 Å². The third kappa shape index (κ3) is 4.05. The monoisotopic (exact) mass is 316 g/mol. The van der Waals surface area contributed by atoms with Gasteiger partial charge in [-0.2, -0.15) is 13.2 Å². The lowest BCUT2D eigenvalue weighted by Crippen LogP contribution is -2.39. The summed E-state index contributed by atoms with van der Waals surface area (Å²) in [6.07, 6.45) is -4.00. The lowest BCUT2D eigenvalue weighted by molar-refractivity contribution is -0.157. The molecule has 2 rings (SSSR count). The smallest absolute Gasteiger partial charge is 0.406 e. The number of halogens is 3. The van der Waals surface area contributed by atoms with Gasteiger partial charge in [-0.3, -0.25) is 4.79 Å². The minimum Gasteiger partial charge on any atom is -0.494 e. The molecule has 1 fully saturated rings. The van der Waals surface area contributed by atoms with Gasteiger partial charge in [0.2, 0.25) is 5.91 Å². The molecule has 1 amide bonds. The van der Waals surface area contributed by atoms with Crippen molar-refractivity contribution in [2.45, 2.75) is 32.5 Å². The fourth-order valence-electron chi connectivity index (χ4n) is 2.50. The maximum Gasteiger partial charge on any atom is 0.406 e. The summed E-state index contributed by atoms with van der Waals surface area (Å²) < 4.78 is 42.6. The van der Waals surface area contributed by atoms with Gasteiger partial charge in [0, 0.05) is 12.2 Å². The number of rotatable bonds is 5. The number of amides is 1. The highest BCUT2D eigenvalue weighted by Crippen LogP contribution is 2.25. The third-order valence-corrected chi connectivity index (χ3v) is 3.48. The van der Waals surface area contributed by atoms with Gasteiger partial charge in [-0.05, 0) is 44.0 Å². The molecular weight excluding hydrogens is 297 g/mol. The second kappa shape index (κ2) is 6.46. The first-order valence-corrected chi connectivity index (χ1v) is 7.15. The van der Waals surface area contributed by atoms with Gasteiger partial charge in [0.05, 0.1) is 6.61 Å². The molecule has 1 aliphatic rings. The van der Waals surface area contributed by atoms with E-state index in [1.165, 1.54) is 0 Å². The molecule has 4 nitrogen and oxygen atoms in total. The Hall–Kier alpha value is -1.92. The first-order valence-electron chi connectivity index (χ1n) is 7.15. The lowest BCUT2D eigenvalue weighted by Gasteiger charge is -2.19. The van der Waals surface area contributed by atoms with E-state index in [1.54, 1.807) is 12.1 Å². The number of nitrogens with one attached hydrogen (secondary N) is 1. The number of alkyl halides is 3. The topological polar surface area (TPSA) is 41.6 Å². The highest BCUT2D eigenvalue weighted by molar-refractivity contribution is 5.86. The van der Waals surface area contributed by atoms with Crippen LogP contribution in [0.5, 0.6) is 5.75 Å². The van der Waals surface area contributed by atoms with Gasteiger partial charge in [-0.1, -0.05) is 0 Å². The maximum absolute atomic E-state index is 12.4. The summed E-state index contributed by atoms with van der Waals surface area (Å²) >= 11 is 0. The summed E-state index contributed by atoms with van der Waals surface area (Å²) in [7, 11) is 0. The minimum absolute atomic E-state index is 0.117. The maximum atomic E-state index is 12.4. The number of benzene rings is 1. The van der Waals surface area contributed by atoms with E-state index < -0.39 is 24.7 Å². The molecule has 1 atom stereocenters. The second-order valence-electron chi connectivity index (χ2n) is 5.27. The average molecular weight is 316 g/mol. The van der Waals surface area contributed by atoms with E-state index in [-0.39, 0.29) is 6.54 Å². The highest BCUT2D eigenvalue weighted by atomic mass is 19.4. The van der Waals surface area contributed by atoms with Crippen molar-refractivity contribution < 1.29 is 22.7 Å². The quantitative estimate of drug-likeness (QED) is 0.908. The fraction of sp³-hybridized carbons (Fsp3) is 0.533. The zero-order chi connectivity index (χ0) is 16.3.